The minimum absolute atomic E-state index is 0.180. The summed E-state index contributed by atoms with van der Waals surface area (Å²) in [6, 6.07) is 6.98. The summed E-state index contributed by atoms with van der Waals surface area (Å²) in [4.78, 5) is 37.3. The molecule has 0 spiro atoms. The van der Waals surface area contributed by atoms with Gasteiger partial charge in [0.15, 0.2) is 0 Å². The summed E-state index contributed by atoms with van der Waals surface area (Å²) in [7, 11) is -4.27. The number of hydrogen-bond donors (Lipinski definition) is 3. The second-order valence-electron chi connectivity index (χ2n) is 8.61. The lowest BCUT2D eigenvalue weighted by atomic mass is 10.2. The number of aliphatic hydroxyl groups is 1. The Labute approximate surface area is 198 Å². The summed E-state index contributed by atoms with van der Waals surface area (Å²) in [5.41, 5.74) is -3.76. The number of benzene rings is 1. The van der Waals surface area contributed by atoms with E-state index < -0.39 is 67.0 Å². The molecule has 6 atom stereocenters. The first kappa shape index (κ1) is 25.3. The first-order chi connectivity index (χ1) is 16.4. The molecule has 2 unspecified atom stereocenters. The van der Waals surface area contributed by atoms with Crippen molar-refractivity contribution in [1.82, 2.24) is 14.6 Å². The second-order valence-corrected chi connectivity index (χ2v) is 10.3. The third-order valence-corrected chi connectivity index (χ3v) is 7.13. The molecule has 0 radical (unpaired) electrons. The molecule has 1 aliphatic carbocycles. The third kappa shape index (κ3) is 5.24. The molecule has 35 heavy (non-hydrogen) atoms. The molecule has 12 nitrogen and oxygen atoms in total. The Morgan fingerprint density at radius 2 is 2.00 bits per heavy atom. The third-order valence-electron chi connectivity index (χ3n) is 5.47. The minimum atomic E-state index is -4.27. The Bertz CT molecular complexity index is 1270. The lowest BCUT2D eigenvalue weighted by Crippen LogP contribution is -2.37. The van der Waals surface area contributed by atoms with Crippen molar-refractivity contribution in [2.75, 3.05) is 0 Å². The van der Waals surface area contributed by atoms with Crippen LogP contribution in [-0.2, 0) is 23.4 Å². The highest BCUT2D eigenvalue weighted by molar-refractivity contribution is 7.52. The van der Waals surface area contributed by atoms with Gasteiger partial charge in [-0.1, -0.05) is 18.2 Å². The van der Waals surface area contributed by atoms with E-state index in [4.69, 9.17) is 18.5 Å². The van der Waals surface area contributed by atoms with E-state index in [-0.39, 0.29) is 12.2 Å². The molecule has 190 valence electrons. The van der Waals surface area contributed by atoms with Crippen molar-refractivity contribution in [2.45, 2.75) is 63.4 Å². The summed E-state index contributed by atoms with van der Waals surface area (Å²) < 4.78 is 50.0. The Balaban J connectivity index is 1.50. The number of nitrogens with zero attached hydrogens (tertiary/aromatic N) is 1. The smallest absolute Gasteiger partial charge is 0.459 e. The van der Waals surface area contributed by atoms with Crippen LogP contribution in [-0.4, -0.2) is 50.6 Å². The fourth-order valence-corrected chi connectivity index (χ4v) is 5.46. The maximum atomic E-state index is 13.6. The Hall–Kier alpha value is -2.83. The normalized spacial score (nSPS) is 27.7. The standard InChI is InChI=1S/C21H25FN3O9P/c1-11(2)31-19(27)12(3)24-35(30,33-13-7-5-4-6-8-13)34-17-16-21(17,29)9-15(32-16)25-10-14(22)18(26)23-20(25)28/h4-8,10-12,15-17,29H,9H2,1-3H3,(H,24,30)(H,23,26,28)/t12-,15+,16+,17?,21-,35?/m0/s1. The molecule has 14 heteroatoms. The number of ether oxygens (including phenoxy) is 2. The van der Waals surface area contributed by atoms with Gasteiger partial charge < -0.3 is 19.1 Å². The van der Waals surface area contributed by atoms with Crippen LogP contribution in [0, 0.1) is 5.82 Å². The molecule has 1 saturated carbocycles. The van der Waals surface area contributed by atoms with Gasteiger partial charge in [0.05, 0.1) is 12.3 Å². The molecule has 0 bridgehead atoms. The number of para-hydroxylation sites is 1. The topological polar surface area (TPSA) is 158 Å². The van der Waals surface area contributed by atoms with Crippen molar-refractivity contribution in [3.63, 3.8) is 0 Å². The van der Waals surface area contributed by atoms with Gasteiger partial charge in [0.2, 0.25) is 5.82 Å². The highest BCUT2D eigenvalue weighted by Gasteiger charge is 2.74. The number of fused-ring (bicyclic) bond motifs is 1. The number of halogens is 1. The molecule has 3 N–H and O–H groups in total. The van der Waals surface area contributed by atoms with Gasteiger partial charge in [0.25, 0.3) is 5.56 Å². The van der Waals surface area contributed by atoms with Crippen LogP contribution in [0.2, 0.25) is 0 Å². The van der Waals surface area contributed by atoms with Crippen molar-refractivity contribution in [1.29, 1.82) is 0 Å². The van der Waals surface area contributed by atoms with E-state index in [9.17, 15) is 28.4 Å². The molecule has 2 heterocycles. The quantitative estimate of drug-likeness (QED) is 0.329. The maximum absolute atomic E-state index is 13.6. The molecule has 1 aromatic heterocycles. The largest absolute Gasteiger partial charge is 0.462 e. The summed E-state index contributed by atoms with van der Waals surface area (Å²) in [5, 5.41) is 13.5. The van der Waals surface area contributed by atoms with E-state index in [1.165, 1.54) is 19.1 Å². The lowest BCUT2D eigenvalue weighted by molar-refractivity contribution is -0.149. The van der Waals surface area contributed by atoms with E-state index in [1.54, 1.807) is 32.0 Å². The average Bonchev–Trinajstić information content (AvgIpc) is 3.10. The van der Waals surface area contributed by atoms with E-state index in [0.717, 1.165) is 4.57 Å². The summed E-state index contributed by atoms with van der Waals surface area (Å²) in [6.45, 7) is 4.74. The number of rotatable bonds is 9. The van der Waals surface area contributed by atoms with Crippen LogP contribution in [0.4, 0.5) is 4.39 Å². The van der Waals surface area contributed by atoms with E-state index in [0.29, 0.717) is 6.20 Å². The SMILES string of the molecule is CC(C)OC(=O)[C@H](C)NP(=O)(Oc1ccccc1)OC1[C@H]2O[C@@H](n3cc(F)c(=O)[nH]c3=O)C[C@@]12O. The van der Waals surface area contributed by atoms with Gasteiger partial charge in [-0.25, -0.2) is 9.36 Å². The Kier molecular flexibility index (Phi) is 6.73. The number of nitrogens with one attached hydrogen (secondary N) is 2. The number of aromatic amines is 1. The van der Waals surface area contributed by atoms with Gasteiger partial charge in [-0.15, -0.1) is 0 Å². The minimum Gasteiger partial charge on any atom is -0.462 e. The van der Waals surface area contributed by atoms with Crippen LogP contribution in [0.3, 0.4) is 0 Å². The lowest BCUT2D eigenvalue weighted by Gasteiger charge is -2.25. The fraction of sp³-hybridized carbons (Fsp3) is 0.476. The molecule has 0 amide bonds. The highest BCUT2D eigenvalue weighted by Crippen LogP contribution is 2.60. The van der Waals surface area contributed by atoms with E-state index >= 15 is 0 Å². The van der Waals surface area contributed by atoms with Gasteiger partial charge in [-0.2, -0.15) is 9.48 Å². The first-order valence-corrected chi connectivity index (χ1v) is 12.4. The predicted molar refractivity (Wildman–Crippen MR) is 118 cm³/mol. The molecular weight excluding hydrogens is 488 g/mol. The summed E-state index contributed by atoms with van der Waals surface area (Å²) in [5.74, 6) is -1.70. The summed E-state index contributed by atoms with van der Waals surface area (Å²) >= 11 is 0. The molecular formula is C21H25FN3O9P. The average molecular weight is 513 g/mol. The molecule has 2 aromatic rings. The van der Waals surface area contributed by atoms with Crippen molar-refractivity contribution < 1.29 is 37.4 Å². The van der Waals surface area contributed by atoms with Gasteiger partial charge in [0, 0.05) is 6.42 Å². The number of aromatic nitrogens is 2. The van der Waals surface area contributed by atoms with Crippen LogP contribution in [0.25, 0.3) is 0 Å². The molecule has 1 saturated heterocycles. The predicted octanol–water partition coefficient (Wildman–Crippen LogP) is 1.21. The molecule has 2 aliphatic rings. The number of esters is 1. The molecule has 4 rings (SSSR count). The Morgan fingerprint density at radius 1 is 1.31 bits per heavy atom. The highest BCUT2D eigenvalue weighted by atomic mass is 31.2. The zero-order valence-corrected chi connectivity index (χ0v) is 19.9. The van der Waals surface area contributed by atoms with Gasteiger partial charge >= 0.3 is 19.4 Å². The summed E-state index contributed by atoms with van der Waals surface area (Å²) in [6.07, 6.45) is -3.20. The van der Waals surface area contributed by atoms with Crippen molar-refractivity contribution in [3.8, 4) is 5.75 Å². The van der Waals surface area contributed by atoms with E-state index in [2.05, 4.69) is 5.09 Å². The van der Waals surface area contributed by atoms with Crippen LogP contribution < -0.4 is 20.9 Å². The number of carbonyl (C=O) groups excluding carboxylic acids is 1. The van der Waals surface area contributed by atoms with Crippen LogP contribution in [0.1, 0.15) is 33.4 Å². The van der Waals surface area contributed by atoms with Crippen molar-refractivity contribution >= 4 is 13.7 Å². The van der Waals surface area contributed by atoms with Gasteiger partial charge in [-0.3, -0.25) is 23.7 Å². The number of hydrogen-bond acceptors (Lipinski definition) is 9. The van der Waals surface area contributed by atoms with Gasteiger partial charge in [-0.05, 0) is 32.9 Å². The maximum Gasteiger partial charge on any atom is 0.459 e. The van der Waals surface area contributed by atoms with Crippen LogP contribution >= 0.6 is 7.75 Å². The molecule has 1 aliphatic heterocycles. The van der Waals surface area contributed by atoms with Crippen molar-refractivity contribution in [2.24, 2.45) is 0 Å². The molecule has 1 aromatic carbocycles. The zero-order valence-electron chi connectivity index (χ0n) is 19.0. The number of carbonyl (C=O) groups is 1. The number of H-pyrrole nitrogens is 1. The van der Waals surface area contributed by atoms with Crippen molar-refractivity contribution in [3.05, 3.63) is 63.2 Å². The first-order valence-electron chi connectivity index (χ1n) is 10.8. The van der Waals surface area contributed by atoms with Crippen LogP contribution in [0.15, 0.2) is 46.1 Å². The monoisotopic (exact) mass is 513 g/mol. The zero-order chi connectivity index (χ0) is 25.5. The van der Waals surface area contributed by atoms with Crippen LogP contribution in [0.5, 0.6) is 5.75 Å². The van der Waals surface area contributed by atoms with E-state index in [1.807, 2.05) is 4.98 Å². The van der Waals surface area contributed by atoms with Gasteiger partial charge in [0.1, 0.15) is 35.8 Å². The Morgan fingerprint density at radius 3 is 2.60 bits per heavy atom. The molecule has 2 fully saturated rings. The second kappa shape index (κ2) is 9.32. The fourth-order valence-electron chi connectivity index (χ4n) is 3.74.